The monoisotopic (exact) mass is 298 g/mol. The molecule has 3 nitrogen and oxygen atoms in total. The molecule has 5 heteroatoms. The molecule has 1 N–H and O–H groups in total. The van der Waals surface area contributed by atoms with Crippen molar-refractivity contribution in [2.75, 3.05) is 12.4 Å². The minimum absolute atomic E-state index is 0.760. The lowest BCUT2D eigenvalue weighted by Crippen LogP contribution is -1.99. The van der Waals surface area contributed by atoms with Crippen LogP contribution in [0.2, 0.25) is 0 Å². The van der Waals surface area contributed by atoms with Crippen LogP contribution in [0, 0.1) is 0 Å². The fourth-order valence-corrected chi connectivity index (χ4v) is 2.42. The van der Waals surface area contributed by atoms with Crippen molar-refractivity contribution >= 4 is 32.4 Å². The van der Waals surface area contributed by atoms with Crippen LogP contribution in [0.5, 0.6) is 5.75 Å². The lowest BCUT2D eigenvalue weighted by atomic mass is 10.2. The Balaban J connectivity index is 2.02. The van der Waals surface area contributed by atoms with Gasteiger partial charge in [0.25, 0.3) is 0 Å². The van der Waals surface area contributed by atoms with Gasteiger partial charge in [0.05, 0.1) is 11.6 Å². The number of halogens is 1. The van der Waals surface area contributed by atoms with Crippen LogP contribution in [-0.4, -0.2) is 12.1 Å². The Morgan fingerprint density at radius 1 is 1.50 bits per heavy atom. The van der Waals surface area contributed by atoms with E-state index < -0.39 is 0 Å². The number of ether oxygens (including phenoxy) is 1. The third-order valence-corrected chi connectivity index (χ3v) is 3.44. The number of hydrogen-bond donors (Lipinski definition) is 1. The van der Waals surface area contributed by atoms with Crippen molar-refractivity contribution in [3.63, 3.8) is 0 Å². The molecule has 1 aromatic heterocycles. The molecule has 0 fully saturated rings. The van der Waals surface area contributed by atoms with Crippen molar-refractivity contribution in [1.29, 1.82) is 0 Å². The number of anilines is 1. The van der Waals surface area contributed by atoms with E-state index in [1.54, 1.807) is 24.6 Å². The number of rotatable bonds is 4. The van der Waals surface area contributed by atoms with Gasteiger partial charge in [-0.2, -0.15) is 0 Å². The minimum Gasteiger partial charge on any atom is -0.496 e. The van der Waals surface area contributed by atoms with Crippen molar-refractivity contribution in [2.45, 2.75) is 6.54 Å². The standard InChI is InChI=1S/C11H11BrN2OS/c1-15-10-3-2-8(6-9(10)12)7-14-11-13-4-5-16-11/h2-6H,7H2,1H3,(H,13,14). The predicted octanol–water partition coefficient (Wildman–Crippen LogP) is 3.53. The van der Waals surface area contributed by atoms with E-state index in [4.69, 9.17) is 4.74 Å². The van der Waals surface area contributed by atoms with Crippen LogP contribution < -0.4 is 10.1 Å². The third kappa shape index (κ3) is 2.74. The molecule has 0 radical (unpaired) electrons. The minimum atomic E-state index is 0.760. The molecule has 0 atom stereocenters. The predicted molar refractivity (Wildman–Crippen MR) is 70.1 cm³/mol. The maximum Gasteiger partial charge on any atom is 0.182 e. The summed E-state index contributed by atoms with van der Waals surface area (Å²) in [5.41, 5.74) is 1.18. The summed E-state index contributed by atoms with van der Waals surface area (Å²) < 4.78 is 6.14. The Morgan fingerprint density at radius 2 is 2.38 bits per heavy atom. The summed E-state index contributed by atoms with van der Waals surface area (Å²) in [6, 6.07) is 6.02. The molecule has 0 aliphatic heterocycles. The molecular formula is C11H11BrN2OS. The molecule has 1 heterocycles. The van der Waals surface area contributed by atoms with E-state index in [9.17, 15) is 0 Å². The molecule has 16 heavy (non-hydrogen) atoms. The van der Waals surface area contributed by atoms with Gasteiger partial charge in [0, 0.05) is 18.1 Å². The first-order chi connectivity index (χ1) is 7.79. The number of hydrogen-bond acceptors (Lipinski definition) is 4. The zero-order valence-corrected chi connectivity index (χ0v) is 11.1. The second-order valence-electron chi connectivity index (χ2n) is 3.16. The van der Waals surface area contributed by atoms with E-state index in [-0.39, 0.29) is 0 Å². The summed E-state index contributed by atoms with van der Waals surface area (Å²) in [4.78, 5) is 4.16. The molecule has 0 spiro atoms. The van der Waals surface area contributed by atoms with Crippen molar-refractivity contribution in [3.8, 4) is 5.75 Å². The lowest BCUT2D eigenvalue weighted by molar-refractivity contribution is 0.412. The van der Waals surface area contributed by atoms with Crippen molar-refractivity contribution in [3.05, 3.63) is 39.8 Å². The third-order valence-electron chi connectivity index (χ3n) is 2.09. The summed E-state index contributed by atoms with van der Waals surface area (Å²) >= 11 is 5.06. The van der Waals surface area contributed by atoms with Crippen LogP contribution in [0.15, 0.2) is 34.2 Å². The summed E-state index contributed by atoms with van der Waals surface area (Å²) in [6.45, 7) is 0.760. The highest BCUT2D eigenvalue weighted by atomic mass is 79.9. The molecule has 0 aliphatic carbocycles. The maximum absolute atomic E-state index is 5.17. The van der Waals surface area contributed by atoms with Crippen molar-refractivity contribution in [2.24, 2.45) is 0 Å². The topological polar surface area (TPSA) is 34.1 Å². The lowest BCUT2D eigenvalue weighted by Gasteiger charge is -2.06. The van der Waals surface area contributed by atoms with E-state index in [1.165, 1.54) is 5.56 Å². The Kier molecular flexibility index (Phi) is 3.79. The van der Waals surface area contributed by atoms with Crippen LogP contribution in [-0.2, 0) is 6.54 Å². The summed E-state index contributed by atoms with van der Waals surface area (Å²) in [5.74, 6) is 0.845. The highest BCUT2D eigenvalue weighted by molar-refractivity contribution is 9.10. The Hall–Kier alpha value is -1.07. The smallest absolute Gasteiger partial charge is 0.182 e. The Morgan fingerprint density at radius 3 is 3.00 bits per heavy atom. The van der Waals surface area contributed by atoms with Crippen LogP contribution >= 0.6 is 27.3 Å². The average molecular weight is 299 g/mol. The van der Waals surface area contributed by atoms with Gasteiger partial charge in [0.15, 0.2) is 5.13 Å². The van der Waals surface area contributed by atoms with Crippen LogP contribution in [0.3, 0.4) is 0 Å². The molecular weight excluding hydrogens is 288 g/mol. The van der Waals surface area contributed by atoms with E-state index in [1.807, 2.05) is 23.6 Å². The van der Waals surface area contributed by atoms with Crippen LogP contribution in [0.25, 0.3) is 0 Å². The van der Waals surface area contributed by atoms with Gasteiger partial charge in [-0.3, -0.25) is 0 Å². The van der Waals surface area contributed by atoms with Crippen molar-refractivity contribution in [1.82, 2.24) is 4.98 Å². The molecule has 0 bridgehead atoms. The fourth-order valence-electron chi connectivity index (χ4n) is 1.31. The van der Waals surface area contributed by atoms with Gasteiger partial charge < -0.3 is 10.1 Å². The van der Waals surface area contributed by atoms with Gasteiger partial charge in [0.2, 0.25) is 0 Å². The zero-order chi connectivity index (χ0) is 11.4. The van der Waals surface area contributed by atoms with Crippen molar-refractivity contribution < 1.29 is 4.74 Å². The number of nitrogens with one attached hydrogen (secondary N) is 1. The Bertz CT molecular complexity index is 459. The quantitative estimate of drug-likeness (QED) is 0.938. The number of benzene rings is 1. The number of aromatic nitrogens is 1. The maximum atomic E-state index is 5.17. The molecule has 0 unspecified atom stereocenters. The van der Waals surface area contributed by atoms with Gasteiger partial charge in [-0.15, -0.1) is 11.3 Å². The van der Waals surface area contributed by atoms with E-state index in [0.717, 1.165) is 21.9 Å². The summed E-state index contributed by atoms with van der Waals surface area (Å²) in [7, 11) is 1.66. The summed E-state index contributed by atoms with van der Waals surface area (Å²) in [6.07, 6.45) is 1.79. The molecule has 0 amide bonds. The molecule has 0 aliphatic rings. The molecule has 2 rings (SSSR count). The first-order valence-corrected chi connectivity index (χ1v) is 6.42. The SMILES string of the molecule is COc1ccc(CNc2nccs2)cc1Br. The number of methoxy groups -OCH3 is 1. The second kappa shape index (κ2) is 5.32. The normalized spacial score (nSPS) is 10.1. The largest absolute Gasteiger partial charge is 0.496 e. The molecule has 2 aromatic rings. The highest BCUT2D eigenvalue weighted by Crippen LogP contribution is 2.25. The van der Waals surface area contributed by atoms with Crippen LogP contribution in [0.1, 0.15) is 5.56 Å². The first kappa shape index (κ1) is 11.4. The number of thiazole rings is 1. The van der Waals surface area contributed by atoms with Crippen LogP contribution in [0.4, 0.5) is 5.13 Å². The van der Waals surface area contributed by atoms with E-state index >= 15 is 0 Å². The van der Waals surface area contributed by atoms with Gasteiger partial charge >= 0.3 is 0 Å². The average Bonchev–Trinajstić information content (AvgIpc) is 2.79. The molecule has 1 aromatic carbocycles. The molecule has 0 saturated heterocycles. The van der Waals surface area contributed by atoms with E-state index in [2.05, 4.69) is 26.2 Å². The first-order valence-electron chi connectivity index (χ1n) is 4.75. The van der Waals surface area contributed by atoms with Gasteiger partial charge in [-0.05, 0) is 33.6 Å². The highest BCUT2D eigenvalue weighted by Gasteiger charge is 2.01. The molecule has 0 saturated carbocycles. The van der Waals surface area contributed by atoms with E-state index in [0.29, 0.717) is 0 Å². The van der Waals surface area contributed by atoms with Gasteiger partial charge in [-0.1, -0.05) is 6.07 Å². The molecule has 84 valence electrons. The Labute approximate surface area is 107 Å². The fraction of sp³-hybridized carbons (Fsp3) is 0.182. The zero-order valence-electron chi connectivity index (χ0n) is 8.74. The summed E-state index contributed by atoms with van der Waals surface area (Å²) in [5, 5.41) is 6.14. The number of nitrogens with zero attached hydrogens (tertiary/aromatic N) is 1. The van der Waals surface area contributed by atoms with Gasteiger partial charge in [0.1, 0.15) is 5.75 Å². The second-order valence-corrected chi connectivity index (χ2v) is 4.91. The van der Waals surface area contributed by atoms with Gasteiger partial charge in [-0.25, -0.2) is 4.98 Å².